The summed E-state index contributed by atoms with van der Waals surface area (Å²) in [6, 6.07) is 42.3. The van der Waals surface area contributed by atoms with E-state index in [0.29, 0.717) is 12.7 Å². The van der Waals surface area contributed by atoms with E-state index in [1.54, 1.807) is 0 Å². The van der Waals surface area contributed by atoms with Gasteiger partial charge in [-0.25, -0.2) is 0 Å². The van der Waals surface area contributed by atoms with E-state index in [9.17, 15) is 0 Å². The molecule has 0 bridgehead atoms. The van der Waals surface area contributed by atoms with E-state index >= 15 is 0 Å². The fraction of sp³-hybridized carbons (Fsp3) is 0.0769. The molecule has 0 nitrogen and oxygen atoms in total. The normalized spacial score (nSPS) is 9.16. The van der Waals surface area contributed by atoms with Crippen molar-refractivity contribution >= 4 is 58.8 Å². The molecule has 166 valence electrons. The first-order valence-electron chi connectivity index (χ1n) is 9.88. The molecule has 4 aromatic rings. The van der Waals surface area contributed by atoms with Crippen LogP contribution in [-0.2, 0) is 12.7 Å². The predicted octanol–water partition coefficient (Wildman–Crippen LogP) is 7.03. The van der Waals surface area contributed by atoms with Crippen molar-refractivity contribution in [3.05, 3.63) is 121 Å². The Morgan fingerprint density at radius 3 is 0.742 bits per heavy atom. The van der Waals surface area contributed by atoms with Gasteiger partial charge in [0.25, 0.3) is 0 Å². The molecular formula is C26H28Cl2NiP2. The summed E-state index contributed by atoms with van der Waals surface area (Å²) >= 11 is 0.569. The van der Waals surface area contributed by atoms with Gasteiger partial charge in [-0.15, -0.1) is 0 Å². The third-order valence-electron chi connectivity index (χ3n) is 3.67. The zero-order valence-corrected chi connectivity index (χ0v) is 22.1. The largest absolute Gasteiger partial charge is 0.0622 e. The van der Waals surface area contributed by atoms with Gasteiger partial charge in [-0.2, -0.15) is 0 Å². The summed E-state index contributed by atoms with van der Waals surface area (Å²) in [6.45, 7) is 4.00. The topological polar surface area (TPSA) is 0 Å². The minimum atomic E-state index is 0.569. The van der Waals surface area contributed by atoms with E-state index in [0.717, 1.165) is 17.2 Å². The number of rotatable bonds is 4. The van der Waals surface area contributed by atoms with Gasteiger partial charge in [-0.05, 0) is 21.2 Å². The predicted molar refractivity (Wildman–Crippen MR) is 144 cm³/mol. The first-order chi connectivity index (χ1) is 15.3. The second-order valence-electron chi connectivity index (χ2n) is 5.76. The average Bonchev–Trinajstić information content (AvgIpc) is 2.84. The van der Waals surface area contributed by atoms with Crippen molar-refractivity contribution in [2.24, 2.45) is 0 Å². The van der Waals surface area contributed by atoms with Crippen molar-refractivity contribution in [1.29, 1.82) is 0 Å². The van der Waals surface area contributed by atoms with Crippen molar-refractivity contribution in [2.45, 2.75) is 13.8 Å². The quantitative estimate of drug-likeness (QED) is 0.196. The van der Waals surface area contributed by atoms with Crippen molar-refractivity contribution in [2.75, 3.05) is 0 Å². The van der Waals surface area contributed by atoms with Crippen LogP contribution >= 0.6 is 37.5 Å². The van der Waals surface area contributed by atoms with E-state index in [1.807, 2.05) is 13.8 Å². The van der Waals surface area contributed by atoms with Gasteiger partial charge in [0.1, 0.15) is 0 Å². The molecule has 0 radical (unpaired) electrons. The molecule has 0 aliphatic carbocycles. The van der Waals surface area contributed by atoms with E-state index in [1.165, 1.54) is 21.2 Å². The van der Waals surface area contributed by atoms with Crippen LogP contribution < -0.4 is 21.2 Å². The number of hydrogen-bond donors (Lipinski definition) is 0. The van der Waals surface area contributed by atoms with Crippen LogP contribution in [0.25, 0.3) is 0 Å². The second-order valence-corrected chi connectivity index (χ2v) is 10.2. The monoisotopic (exact) mass is 530 g/mol. The zero-order valence-electron chi connectivity index (χ0n) is 17.6. The molecule has 0 aromatic heterocycles. The van der Waals surface area contributed by atoms with E-state index in [2.05, 4.69) is 121 Å². The zero-order chi connectivity index (χ0) is 22.6. The Morgan fingerprint density at radius 1 is 0.419 bits per heavy atom. The smallest absolute Gasteiger partial charge is 0.0226 e. The van der Waals surface area contributed by atoms with Crippen molar-refractivity contribution in [3.8, 4) is 0 Å². The molecule has 0 N–H and O–H groups in total. The molecule has 0 heterocycles. The minimum absolute atomic E-state index is 0.569. The van der Waals surface area contributed by atoms with E-state index in [-0.39, 0.29) is 0 Å². The molecule has 5 heteroatoms. The summed E-state index contributed by atoms with van der Waals surface area (Å²) in [4.78, 5) is 0. The molecular weight excluding hydrogens is 504 g/mol. The molecule has 4 aromatic carbocycles. The number of hydrogen-bond acceptors (Lipinski definition) is 0. The summed E-state index contributed by atoms with van der Waals surface area (Å²) in [5, 5.41) is 5.59. The number of benzene rings is 4. The van der Waals surface area contributed by atoms with Crippen molar-refractivity contribution in [3.63, 3.8) is 0 Å². The standard InChI is InChI=1S/2C12H11P.C2H6.2ClH.Ni/c2*1-3-7-11(8-4-1)13-12-9-5-2-6-10-12;1-2;;;/h2*1-10,13H;1-2H3;2*1H;/q;;;;;+2/p-2. The minimum Gasteiger partial charge on any atom is -0.0622 e. The Bertz CT molecular complexity index is 741. The molecule has 4 rings (SSSR count). The van der Waals surface area contributed by atoms with Gasteiger partial charge in [0, 0.05) is 0 Å². The Kier molecular flexibility index (Phi) is 17.5. The number of halogens is 2. The molecule has 0 spiro atoms. The molecule has 0 unspecified atom stereocenters. The molecule has 31 heavy (non-hydrogen) atoms. The van der Waals surface area contributed by atoms with Gasteiger partial charge in [0.2, 0.25) is 0 Å². The molecule has 0 atom stereocenters. The second kappa shape index (κ2) is 19.5. The van der Waals surface area contributed by atoms with Gasteiger partial charge in [0.15, 0.2) is 0 Å². The fourth-order valence-corrected chi connectivity index (χ4v) is 4.52. The SMILES string of the molecule is CC.[Cl][Ni][Cl].c1ccc(Pc2ccccc2)cc1.c1ccc(Pc2ccccc2)cc1. The maximum atomic E-state index is 4.70. The summed E-state index contributed by atoms with van der Waals surface area (Å²) in [7, 11) is 11.0. The average molecular weight is 532 g/mol. The maximum absolute atomic E-state index is 4.70. The van der Waals surface area contributed by atoms with Crippen molar-refractivity contribution < 1.29 is 12.7 Å². The molecule has 0 amide bonds. The van der Waals surface area contributed by atoms with Crippen LogP contribution in [-0.4, -0.2) is 0 Å². The Hall–Kier alpha value is -1.19. The van der Waals surface area contributed by atoms with Crippen LogP contribution in [0.4, 0.5) is 0 Å². The van der Waals surface area contributed by atoms with Crippen LogP contribution in [0.5, 0.6) is 0 Å². The third-order valence-corrected chi connectivity index (χ3v) is 6.16. The Labute approximate surface area is 205 Å². The molecule has 0 fully saturated rings. The molecule has 0 aliphatic heterocycles. The van der Waals surface area contributed by atoms with Gasteiger partial charge >= 0.3 is 33.0 Å². The maximum Gasteiger partial charge on any atom is -0.0226 e. The van der Waals surface area contributed by atoms with Gasteiger partial charge in [-0.1, -0.05) is 152 Å². The van der Waals surface area contributed by atoms with Crippen molar-refractivity contribution in [1.82, 2.24) is 0 Å². The van der Waals surface area contributed by atoms with Crippen LogP contribution in [0.1, 0.15) is 13.8 Å². The molecule has 0 saturated heterocycles. The fourth-order valence-electron chi connectivity index (χ4n) is 2.42. The molecule has 0 saturated carbocycles. The first kappa shape index (κ1) is 27.8. The van der Waals surface area contributed by atoms with Crippen LogP contribution in [0.3, 0.4) is 0 Å². The van der Waals surface area contributed by atoms with E-state index in [4.69, 9.17) is 20.4 Å². The van der Waals surface area contributed by atoms with E-state index < -0.39 is 0 Å². The summed E-state index contributed by atoms with van der Waals surface area (Å²) in [6.07, 6.45) is 0. The Balaban J connectivity index is 0.000000258. The van der Waals surface area contributed by atoms with Gasteiger partial charge < -0.3 is 0 Å². The first-order valence-corrected chi connectivity index (χ1v) is 14.6. The Morgan fingerprint density at radius 2 is 0.581 bits per heavy atom. The van der Waals surface area contributed by atoms with Crippen LogP contribution in [0.2, 0.25) is 0 Å². The van der Waals surface area contributed by atoms with Crippen LogP contribution in [0.15, 0.2) is 121 Å². The molecule has 0 aliphatic rings. The third kappa shape index (κ3) is 13.8. The summed E-state index contributed by atoms with van der Waals surface area (Å²) in [5.74, 6) is 0. The summed E-state index contributed by atoms with van der Waals surface area (Å²) < 4.78 is 0. The van der Waals surface area contributed by atoms with Gasteiger partial charge in [-0.3, -0.25) is 0 Å². The summed E-state index contributed by atoms with van der Waals surface area (Å²) in [5.41, 5.74) is 0. The van der Waals surface area contributed by atoms with Gasteiger partial charge in [0.05, 0.1) is 0 Å². The van der Waals surface area contributed by atoms with Crippen LogP contribution in [0, 0.1) is 0 Å².